The van der Waals surface area contributed by atoms with Gasteiger partial charge in [0, 0.05) is 74.4 Å². The molecule has 0 aromatic heterocycles. The average Bonchev–Trinajstić information content (AvgIpc) is 3.38. The number of rotatable bonds is 34. The molecule has 0 fully saturated rings. The number of methoxy groups -OCH3 is 2. The molecular formula is C60H88O9S4. The summed E-state index contributed by atoms with van der Waals surface area (Å²) in [6, 6.07) is 27.2. The van der Waals surface area contributed by atoms with Crippen LogP contribution in [0.5, 0.6) is 23.0 Å². The van der Waals surface area contributed by atoms with Crippen molar-refractivity contribution in [3.63, 3.8) is 0 Å². The second kappa shape index (κ2) is 34.0. The first kappa shape index (κ1) is 61.0. The van der Waals surface area contributed by atoms with Crippen molar-refractivity contribution < 1.29 is 43.6 Å². The summed E-state index contributed by atoms with van der Waals surface area (Å²) in [4.78, 5) is 2.41. The fraction of sp³-hybridized carbons (Fsp3) is 0.600. The van der Waals surface area contributed by atoms with Gasteiger partial charge in [-0.1, -0.05) is 127 Å². The van der Waals surface area contributed by atoms with Crippen molar-refractivity contribution in [1.29, 1.82) is 0 Å². The average molecular weight is 1080 g/mol. The molecule has 0 saturated carbocycles. The molecular weight excluding hydrogens is 993 g/mol. The molecule has 0 bridgehead atoms. The molecule has 0 amide bonds. The minimum atomic E-state index is -0.780. The number of hydrogen-bond acceptors (Lipinski definition) is 12. The van der Waals surface area contributed by atoms with Crippen molar-refractivity contribution >= 4 is 46.1 Å². The fourth-order valence-electron chi connectivity index (χ4n) is 10.3. The minimum Gasteiger partial charge on any atom is -0.508 e. The number of hydrogen-bond donors (Lipinski definition) is 4. The number of thioether (sulfide) groups is 3. The van der Waals surface area contributed by atoms with Crippen LogP contribution in [-0.4, -0.2) is 113 Å². The standard InChI is InChI=1S/C30H44O5S2.C30H44O4S2/c1-30(24-11-13-25(31)14-12-24)23-36-29-22-26(32)15-16-27(29)28(30)10-8-6-4-3-5-7-9-20-37(33)21-19-35-18-17-34-2;1-30(24-11-13-25(31)14-12-24)23-36-29-22-26(32)15-16-27(29)28(30)10-8-6-4-3-5-7-9-20-35-21-19-34-18-17-33-2/h11-16,22,28,31-32H,3-10,17-21,23H2,1-2H3;11-16,22,28,31-32H,3-10,17-21,23H2,1-2H3/t28-,30-,37?;28-,30-/m11/s1. The Balaban J connectivity index is 0.000000271. The lowest BCUT2D eigenvalue weighted by molar-refractivity contribution is 0.0787. The van der Waals surface area contributed by atoms with Crippen LogP contribution in [0.3, 0.4) is 0 Å². The third kappa shape index (κ3) is 20.5. The summed E-state index contributed by atoms with van der Waals surface area (Å²) >= 11 is 5.66. The summed E-state index contributed by atoms with van der Waals surface area (Å²) in [7, 11) is 2.58. The normalized spacial score (nSPS) is 19.7. The minimum absolute atomic E-state index is 0.00875. The van der Waals surface area contributed by atoms with E-state index in [0.29, 0.717) is 73.6 Å². The fourth-order valence-corrected chi connectivity index (χ4v) is 15.0. The first-order valence-electron chi connectivity index (χ1n) is 27.0. The molecule has 4 N–H and O–H groups in total. The Bertz CT molecular complexity index is 2160. The zero-order valence-corrected chi connectivity index (χ0v) is 47.8. The number of benzene rings is 4. The molecule has 4 aromatic carbocycles. The Kier molecular flexibility index (Phi) is 28.4. The number of phenolic OH excluding ortho intramolecular Hbond substituents is 4. The molecule has 73 heavy (non-hydrogen) atoms. The molecule has 406 valence electrons. The molecule has 6 rings (SSSR count). The van der Waals surface area contributed by atoms with Gasteiger partial charge >= 0.3 is 0 Å². The van der Waals surface area contributed by atoms with E-state index in [1.165, 1.54) is 115 Å². The Labute approximate surface area is 454 Å². The first-order valence-corrected chi connectivity index (χ1v) is 31.7. The molecule has 2 aliphatic rings. The smallest absolute Gasteiger partial charge is 0.116 e. The highest BCUT2D eigenvalue weighted by molar-refractivity contribution is 7.99. The van der Waals surface area contributed by atoms with Gasteiger partial charge in [-0.25, -0.2) is 0 Å². The highest BCUT2D eigenvalue weighted by Crippen LogP contribution is 2.54. The van der Waals surface area contributed by atoms with E-state index in [1.54, 1.807) is 26.4 Å². The van der Waals surface area contributed by atoms with Crippen molar-refractivity contribution in [2.24, 2.45) is 0 Å². The van der Waals surface area contributed by atoms with E-state index in [4.69, 9.17) is 18.9 Å². The summed E-state index contributed by atoms with van der Waals surface area (Å²) in [5.41, 5.74) is 5.24. The summed E-state index contributed by atoms with van der Waals surface area (Å²) in [6.45, 7) is 8.63. The zero-order valence-electron chi connectivity index (χ0n) is 44.5. The van der Waals surface area contributed by atoms with E-state index in [1.807, 2.05) is 71.7 Å². The van der Waals surface area contributed by atoms with Crippen LogP contribution in [0.4, 0.5) is 0 Å². The van der Waals surface area contributed by atoms with Gasteiger partial charge in [0.05, 0.1) is 39.6 Å². The Morgan fingerprint density at radius 3 is 1.37 bits per heavy atom. The number of fused-ring (bicyclic) bond motifs is 2. The van der Waals surface area contributed by atoms with Crippen molar-refractivity contribution in [1.82, 2.24) is 0 Å². The van der Waals surface area contributed by atoms with Gasteiger partial charge in [0.1, 0.15) is 23.0 Å². The van der Waals surface area contributed by atoms with Gasteiger partial charge in [-0.15, -0.1) is 23.5 Å². The van der Waals surface area contributed by atoms with Crippen molar-refractivity contribution in [3.05, 3.63) is 107 Å². The Hall–Kier alpha value is -2.88. The Morgan fingerprint density at radius 1 is 0.493 bits per heavy atom. The second-order valence-electron chi connectivity index (χ2n) is 20.3. The summed E-state index contributed by atoms with van der Waals surface area (Å²) < 4.78 is 32.9. The molecule has 0 aliphatic carbocycles. The third-order valence-electron chi connectivity index (χ3n) is 14.7. The zero-order chi connectivity index (χ0) is 52.2. The van der Waals surface area contributed by atoms with Crippen LogP contribution in [0, 0.1) is 0 Å². The van der Waals surface area contributed by atoms with Gasteiger partial charge in [-0.3, -0.25) is 4.21 Å². The van der Waals surface area contributed by atoms with Crippen LogP contribution >= 0.6 is 35.3 Å². The maximum atomic E-state index is 12.1. The molecule has 0 saturated heterocycles. The lowest BCUT2D eigenvalue weighted by Crippen LogP contribution is -2.36. The summed E-state index contributed by atoms with van der Waals surface area (Å²) in [5.74, 6) is 7.74. The van der Waals surface area contributed by atoms with Gasteiger partial charge in [0.15, 0.2) is 0 Å². The lowest BCUT2D eigenvalue weighted by Gasteiger charge is -2.43. The molecule has 13 heteroatoms. The van der Waals surface area contributed by atoms with Crippen LogP contribution in [0.1, 0.15) is 151 Å². The number of ether oxygens (including phenoxy) is 4. The maximum Gasteiger partial charge on any atom is 0.116 e. The summed E-state index contributed by atoms with van der Waals surface area (Å²) in [6.07, 6.45) is 19.6. The van der Waals surface area contributed by atoms with E-state index in [2.05, 4.69) is 50.2 Å². The molecule has 0 spiro atoms. The predicted molar refractivity (Wildman–Crippen MR) is 309 cm³/mol. The monoisotopic (exact) mass is 1080 g/mol. The van der Waals surface area contributed by atoms with Crippen LogP contribution in [-0.2, 0) is 40.6 Å². The van der Waals surface area contributed by atoms with Gasteiger partial charge in [-0.05, 0) is 114 Å². The molecule has 2 heterocycles. The largest absolute Gasteiger partial charge is 0.508 e. The summed E-state index contributed by atoms with van der Waals surface area (Å²) in [5, 5.41) is 39.6. The van der Waals surface area contributed by atoms with Crippen LogP contribution in [0.15, 0.2) is 94.7 Å². The molecule has 2 aliphatic heterocycles. The highest BCUT2D eigenvalue weighted by Gasteiger charge is 2.42. The van der Waals surface area contributed by atoms with Crippen LogP contribution < -0.4 is 0 Å². The van der Waals surface area contributed by atoms with Crippen molar-refractivity contribution in [2.45, 2.75) is 149 Å². The van der Waals surface area contributed by atoms with Gasteiger partial charge in [0.25, 0.3) is 0 Å². The van der Waals surface area contributed by atoms with E-state index in [-0.39, 0.29) is 10.8 Å². The maximum absolute atomic E-state index is 12.1. The third-order valence-corrected chi connectivity index (χ3v) is 19.9. The molecule has 1 unspecified atom stereocenters. The SMILES string of the molecule is COCCOCCS(=O)CCCCCCCCC[C@@H]1c2ccc(O)cc2SC[C@]1(C)c1ccc(O)cc1.COCCOCCSCCCCCCCCC[C@@H]1c2ccc(O)cc2SC[C@]1(C)c1ccc(O)cc1. The predicted octanol–water partition coefficient (Wildman–Crippen LogP) is 14.5. The van der Waals surface area contributed by atoms with Gasteiger partial charge in [0.2, 0.25) is 0 Å². The Morgan fingerprint density at radius 2 is 0.904 bits per heavy atom. The topological polar surface area (TPSA) is 135 Å². The molecule has 0 radical (unpaired) electrons. The number of aromatic hydroxyl groups is 4. The van der Waals surface area contributed by atoms with Gasteiger partial charge in [-0.2, -0.15) is 11.8 Å². The van der Waals surface area contributed by atoms with Crippen LogP contribution in [0.2, 0.25) is 0 Å². The lowest BCUT2D eigenvalue weighted by atomic mass is 9.68. The van der Waals surface area contributed by atoms with E-state index in [0.717, 1.165) is 55.3 Å². The van der Waals surface area contributed by atoms with Crippen molar-refractivity contribution in [2.75, 3.05) is 88.4 Å². The van der Waals surface area contributed by atoms with Crippen molar-refractivity contribution in [3.8, 4) is 23.0 Å². The van der Waals surface area contributed by atoms with Gasteiger partial charge < -0.3 is 39.4 Å². The van der Waals surface area contributed by atoms with E-state index >= 15 is 0 Å². The quantitative estimate of drug-likeness (QED) is 0.0332. The van der Waals surface area contributed by atoms with E-state index < -0.39 is 10.8 Å². The number of phenols is 4. The molecule has 4 aromatic rings. The molecule has 9 nitrogen and oxygen atoms in total. The first-order chi connectivity index (χ1) is 35.5. The second-order valence-corrected chi connectivity index (χ2v) is 25.2. The van der Waals surface area contributed by atoms with E-state index in [9.17, 15) is 24.6 Å². The highest BCUT2D eigenvalue weighted by atomic mass is 32.2. The number of unbranched alkanes of at least 4 members (excludes halogenated alkanes) is 12. The van der Waals surface area contributed by atoms with Crippen LogP contribution in [0.25, 0.3) is 0 Å². The molecule has 5 atom stereocenters.